The number of anilines is 2. The van der Waals surface area contributed by atoms with E-state index in [2.05, 4.69) is 10.6 Å². The molecule has 0 saturated carbocycles. The third kappa shape index (κ3) is 4.06. The summed E-state index contributed by atoms with van der Waals surface area (Å²) >= 11 is 11.7. The van der Waals surface area contributed by atoms with Crippen LogP contribution in [0.2, 0.25) is 10.0 Å². The van der Waals surface area contributed by atoms with E-state index in [4.69, 9.17) is 23.2 Å². The predicted molar refractivity (Wildman–Crippen MR) is 100 cm³/mol. The summed E-state index contributed by atoms with van der Waals surface area (Å²) in [5.74, 6) is -0.198. The molecule has 2 atom stereocenters. The molecule has 1 heterocycles. The summed E-state index contributed by atoms with van der Waals surface area (Å²) in [5.41, 5.74) is 1.33. The van der Waals surface area contributed by atoms with Crippen molar-refractivity contribution in [3.8, 4) is 0 Å². The molecule has 25 heavy (non-hydrogen) atoms. The number of hydrogen-bond donors (Lipinski definition) is 2. The number of nitrogens with one attached hydrogen (secondary N) is 2. The second kappa shape index (κ2) is 7.33. The number of carbonyl (C=O) groups is 2. The van der Waals surface area contributed by atoms with Crippen molar-refractivity contribution < 1.29 is 9.59 Å². The van der Waals surface area contributed by atoms with Crippen LogP contribution in [-0.4, -0.2) is 18.1 Å². The normalized spacial score (nSPS) is 19.8. The first-order valence-electron chi connectivity index (χ1n) is 7.86. The number of amides is 3. The molecule has 3 amide bonds. The minimum atomic E-state index is -0.420. The van der Waals surface area contributed by atoms with Gasteiger partial charge in [0.15, 0.2) is 0 Å². The molecule has 1 aliphatic rings. The van der Waals surface area contributed by atoms with Gasteiger partial charge in [-0.3, -0.25) is 9.69 Å². The largest absolute Gasteiger partial charge is 0.320 e. The molecule has 0 aliphatic carbocycles. The lowest BCUT2D eigenvalue weighted by Crippen LogP contribution is -2.47. The molecule has 2 aromatic rings. The summed E-state index contributed by atoms with van der Waals surface area (Å²) in [6.45, 7) is 1.85. The molecular formula is C18H17Cl2N3O2. The third-order valence-corrected chi connectivity index (χ3v) is 4.56. The predicted octanol–water partition coefficient (Wildman–Crippen LogP) is 4.51. The fraction of sp³-hybridized carbons (Fsp3) is 0.222. The van der Waals surface area contributed by atoms with Gasteiger partial charge in [0.2, 0.25) is 5.91 Å². The van der Waals surface area contributed by atoms with Gasteiger partial charge in [-0.1, -0.05) is 30.1 Å². The molecule has 1 aliphatic heterocycles. The molecule has 130 valence electrons. The zero-order valence-corrected chi connectivity index (χ0v) is 15.0. The minimum absolute atomic E-state index is 0.0286. The van der Waals surface area contributed by atoms with Crippen LogP contribution in [0.5, 0.6) is 0 Å². The number of benzene rings is 2. The Kier molecular flexibility index (Phi) is 5.16. The fourth-order valence-electron chi connectivity index (χ4n) is 2.82. The molecule has 2 N–H and O–H groups in total. The summed E-state index contributed by atoms with van der Waals surface area (Å²) in [4.78, 5) is 26.4. The monoisotopic (exact) mass is 377 g/mol. The van der Waals surface area contributed by atoms with Gasteiger partial charge >= 0.3 is 6.03 Å². The van der Waals surface area contributed by atoms with Crippen LogP contribution in [0.15, 0.2) is 48.5 Å². The zero-order chi connectivity index (χ0) is 18.0. The lowest BCUT2D eigenvalue weighted by Gasteiger charge is -2.25. The number of halogens is 2. The quantitative estimate of drug-likeness (QED) is 0.825. The zero-order valence-electron chi connectivity index (χ0n) is 13.5. The highest BCUT2D eigenvalue weighted by molar-refractivity contribution is 6.31. The number of rotatable bonds is 3. The fourth-order valence-corrected chi connectivity index (χ4v) is 3.07. The first-order chi connectivity index (χ1) is 11.9. The minimum Gasteiger partial charge on any atom is -0.317 e. The highest BCUT2D eigenvalue weighted by atomic mass is 35.5. The molecule has 2 aromatic carbocycles. The van der Waals surface area contributed by atoms with Gasteiger partial charge in [-0.2, -0.15) is 0 Å². The Bertz CT molecular complexity index is 778. The van der Waals surface area contributed by atoms with E-state index >= 15 is 0 Å². The van der Waals surface area contributed by atoms with Crippen LogP contribution in [0, 0.1) is 5.92 Å². The molecule has 7 heteroatoms. The average molecular weight is 378 g/mol. The Morgan fingerprint density at radius 3 is 2.20 bits per heavy atom. The molecule has 0 spiro atoms. The van der Waals surface area contributed by atoms with E-state index in [0.717, 1.165) is 0 Å². The maximum Gasteiger partial charge on any atom is 0.320 e. The van der Waals surface area contributed by atoms with Gasteiger partial charge in [0.25, 0.3) is 0 Å². The van der Waals surface area contributed by atoms with Gasteiger partial charge in [0.05, 0.1) is 0 Å². The van der Waals surface area contributed by atoms with Crippen LogP contribution in [0.25, 0.3) is 0 Å². The summed E-state index contributed by atoms with van der Waals surface area (Å²) in [7, 11) is 0. The summed E-state index contributed by atoms with van der Waals surface area (Å²) in [6.07, 6.45) is 0.117. The molecule has 0 bridgehead atoms. The van der Waals surface area contributed by atoms with Crippen LogP contribution >= 0.6 is 23.2 Å². The Hall–Kier alpha value is -2.24. The lowest BCUT2D eigenvalue weighted by atomic mass is 10.1. The van der Waals surface area contributed by atoms with Gasteiger partial charge < -0.3 is 10.6 Å². The van der Waals surface area contributed by atoms with Crippen LogP contribution in [0.3, 0.4) is 0 Å². The van der Waals surface area contributed by atoms with E-state index in [9.17, 15) is 9.59 Å². The van der Waals surface area contributed by atoms with Crippen molar-refractivity contribution >= 4 is 46.5 Å². The molecule has 0 unspecified atom stereocenters. The second-order valence-corrected chi connectivity index (χ2v) is 6.82. The molecule has 0 radical (unpaired) electrons. The smallest absolute Gasteiger partial charge is 0.317 e. The van der Waals surface area contributed by atoms with Crippen LogP contribution in [0.1, 0.15) is 13.3 Å². The summed E-state index contributed by atoms with van der Waals surface area (Å²) < 4.78 is 0. The number of nitrogens with zero attached hydrogens (tertiary/aromatic N) is 1. The maximum absolute atomic E-state index is 12.5. The van der Waals surface area contributed by atoms with Crippen molar-refractivity contribution in [2.24, 2.45) is 5.92 Å². The highest BCUT2D eigenvalue weighted by Crippen LogP contribution is 2.30. The maximum atomic E-state index is 12.5. The van der Waals surface area contributed by atoms with Crippen molar-refractivity contribution in [1.29, 1.82) is 0 Å². The third-order valence-electron chi connectivity index (χ3n) is 4.05. The summed E-state index contributed by atoms with van der Waals surface area (Å²) in [5, 5.41) is 6.78. The van der Waals surface area contributed by atoms with E-state index in [1.165, 1.54) is 0 Å². The standard InChI is InChI=1S/C18H17Cl2N3O2/c1-11-10-16(22-18(25)21-14-6-2-12(19)3-7-14)23(17(11)24)15-8-4-13(20)5-9-15/h2-9,11,16H,10H2,1H3,(H2,21,22,25)/t11-,16+/m0/s1. The Labute approximate surface area is 155 Å². The van der Waals surface area contributed by atoms with E-state index in [1.807, 2.05) is 6.92 Å². The van der Waals surface area contributed by atoms with Crippen LogP contribution < -0.4 is 15.5 Å². The Balaban J connectivity index is 1.72. The summed E-state index contributed by atoms with van der Waals surface area (Å²) in [6, 6.07) is 13.4. The van der Waals surface area contributed by atoms with Crippen molar-refractivity contribution in [3.05, 3.63) is 58.6 Å². The number of urea groups is 1. The molecule has 1 saturated heterocycles. The lowest BCUT2D eigenvalue weighted by molar-refractivity contribution is -0.120. The van der Waals surface area contributed by atoms with E-state index < -0.39 is 6.17 Å². The van der Waals surface area contributed by atoms with Crippen molar-refractivity contribution in [3.63, 3.8) is 0 Å². The van der Waals surface area contributed by atoms with Crippen LogP contribution in [-0.2, 0) is 4.79 Å². The molecular weight excluding hydrogens is 361 g/mol. The van der Waals surface area contributed by atoms with Crippen molar-refractivity contribution in [2.75, 3.05) is 10.2 Å². The average Bonchev–Trinajstić information content (AvgIpc) is 2.85. The molecule has 0 aromatic heterocycles. The SMILES string of the molecule is C[C@H]1C[C@H](NC(=O)Nc2ccc(Cl)cc2)N(c2ccc(Cl)cc2)C1=O. The number of hydrogen-bond acceptors (Lipinski definition) is 2. The first kappa shape index (κ1) is 17.6. The van der Waals surface area contributed by atoms with Crippen LogP contribution in [0.4, 0.5) is 16.2 Å². The second-order valence-electron chi connectivity index (χ2n) is 5.94. The van der Waals surface area contributed by atoms with Crippen molar-refractivity contribution in [2.45, 2.75) is 19.5 Å². The van der Waals surface area contributed by atoms with Gasteiger partial charge in [0.1, 0.15) is 6.17 Å². The highest BCUT2D eigenvalue weighted by Gasteiger charge is 2.38. The first-order valence-corrected chi connectivity index (χ1v) is 8.61. The topological polar surface area (TPSA) is 61.4 Å². The van der Waals surface area contributed by atoms with E-state index in [1.54, 1.807) is 53.4 Å². The van der Waals surface area contributed by atoms with Gasteiger partial charge in [-0.25, -0.2) is 4.79 Å². The van der Waals surface area contributed by atoms with Crippen molar-refractivity contribution in [1.82, 2.24) is 5.32 Å². The van der Waals surface area contributed by atoms with Gasteiger partial charge in [0, 0.05) is 27.3 Å². The van der Waals surface area contributed by atoms with Gasteiger partial charge in [-0.05, 0) is 55.0 Å². The molecule has 5 nitrogen and oxygen atoms in total. The van der Waals surface area contributed by atoms with Gasteiger partial charge in [-0.15, -0.1) is 0 Å². The molecule has 3 rings (SSSR count). The number of carbonyl (C=O) groups excluding carboxylic acids is 2. The Morgan fingerprint density at radius 2 is 1.60 bits per heavy atom. The van der Waals surface area contributed by atoms with E-state index in [-0.39, 0.29) is 17.9 Å². The van der Waals surface area contributed by atoms with E-state index in [0.29, 0.717) is 27.8 Å². The molecule has 1 fully saturated rings. The Morgan fingerprint density at radius 1 is 1.04 bits per heavy atom.